The monoisotopic (exact) mass is 347 g/mol. The Labute approximate surface area is 135 Å². The van der Waals surface area contributed by atoms with Crippen LogP contribution in [0.3, 0.4) is 0 Å². The second-order valence-corrected chi connectivity index (χ2v) is 7.95. The van der Waals surface area contributed by atoms with Gasteiger partial charge in [-0.2, -0.15) is 13.7 Å². The smallest absolute Gasteiger partial charge is 0.408 e. The molecule has 1 aliphatic heterocycles. The molecule has 2 atom stereocenters. The fourth-order valence-corrected chi connectivity index (χ4v) is 3.28. The van der Waals surface area contributed by atoms with Crippen molar-refractivity contribution >= 4 is 21.9 Å². The van der Waals surface area contributed by atoms with Gasteiger partial charge in [-0.15, -0.1) is 0 Å². The molecular weight excluding hydrogens is 326 g/mol. The van der Waals surface area contributed by atoms with E-state index in [1.54, 1.807) is 20.8 Å². The topological polar surface area (TPSA) is 129 Å². The van der Waals surface area contributed by atoms with E-state index in [1.807, 2.05) is 0 Å². The maximum atomic E-state index is 11.6. The molecule has 0 radical (unpaired) electrons. The number of likely N-dealkylation sites (tertiary alicyclic amines) is 1. The SMILES string of the molecule is CON=C1CN(C(=O)O)C(C#N)(C(C)(C)C)C1COS(C)(=O)=O. The summed E-state index contributed by atoms with van der Waals surface area (Å²) in [6, 6.07) is 2.06. The molecule has 1 amide bonds. The minimum absolute atomic E-state index is 0.161. The normalized spacial score (nSPS) is 27.0. The zero-order valence-electron chi connectivity index (χ0n) is 13.7. The van der Waals surface area contributed by atoms with Gasteiger partial charge in [-0.3, -0.25) is 9.08 Å². The predicted octanol–water partition coefficient (Wildman–Crippen LogP) is 0.883. The summed E-state index contributed by atoms with van der Waals surface area (Å²) in [7, 11) is -2.48. The van der Waals surface area contributed by atoms with E-state index in [9.17, 15) is 23.6 Å². The summed E-state index contributed by atoms with van der Waals surface area (Å²) in [5.41, 5.74) is -2.12. The van der Waals surface area contributed by atoms with Crippen molar-refractivity contribution in [2.24, 2.45) is 16.5 Å². The van der Waals surface area contributed by atoms with Crippen LogP contribution < -0.4 is 0 Å². The first kappa shape index (κ1) is 19.2. The van der Waals surface area contributed by atoms with Gasteiger partial charge in [0.1, 0.15) is 12.6 Å². The lowest BCUT2D eigenvalue weighted by atomic mass is 9.67. The summed E-state index contributed by atoms with van der Waals surface area (Å²) in [5.74, 6) is -0.877. The molecule has 10 heteroatoms. The fourth-order valence-electron chi connectivity index (χ4n) is 2.90. The summed E-state index contributed by atoms with van der Waals surface area (Å²) < 4.78 is 27.5. The summed E-state index contributed by atoms with van der Waals surface area (Å²) in [6.07, 6.45) is -0.415. The molecule has 1 N–H and O–H groups in total. The first-order valence-electron chi connectivity index (χ1n) is 6.77. The van der Waals surface area contributed by atoms with Gasteiger partial charge < -0.3 is 9.94 Å². The molecule has 0 aromatic carbocycles. The maximum Gasteiger partial charge on any atom is 0.408 e. The molecule has 1 fully saturated rings. The maximum absolute atomic E-state index is 11.6. The molecule has 1 aliphatic rings. The van der Waals surface area contributed by atoms with E-state index in [0.29, 0.717) is 0 Å². The minimum Gasteiger partial charge on any atom is -0.465 e. The van der Waals surface area contributed by atoms with Gasteiger partial charge in [0.25, 0.3) is 10.1 Å². The van der Waals surface area contributed by atoms with Crippen molar-refractivity contribution in [3.8, 4) is 6.07 Å². The number of hydrogen-bond donors (Lipinski definition) is 1. The average Bonchev–Trinajstić information content (AvgIpc) is 2.70. The zero-order valence-corrected chi connectivity index (χ0v) is 14.5. The van der Waals surface area contributed by atoms with Crippen LogP contribution in [0.25, 0.3) is 0 Å². The molecule has 0 aliphatic carbocycles. The van der Waals surface area contributed by atoms with Gasteiger partial charge in [0.05, 0.1) is 37.1 Å². The van der Waals surface area contributed by atoms with Crippen LogP contribution in [-0.4, -0.2) is 62.3 Å². The van der Waals surface area contributed by atoms with Crippen molar-refractivity contribution in [3.05, 3.63) is 0 Å². The average molecular weight is 347 g/mol. The Bertz CT molecular complexity index is 646. The number of amides is 1. The molecule has 23 heavy (non-hydrogen) atoms. The summed E-state index contributed by atoms with van der Waals surface area (Å²) in [4.78, 5) is 17.3. The molecule has 0 bridgehead atoms. The third-order valence-corrected chi connectivity index (χ3v) is 4.42. The van der Waals surface area contributed by atoms with Gasteiger partial charge in [-0.25, -0.2) is 4.79 Å². The Morgan fingerprint density at radius 2 is 2.13 bits per heavy atom. The molecule has 9 nitrogen and oxygen atoms in total. The molecule has 1 saturated heterocycles. The molecule has 0 aromatic rings. The van der Waals surface area contributed by atoms with Crippen LogP contribution in [0.5, 0.6) is 0 Å². The van der Waals surface area contributed by atoms with Gasteiger partial charge in [0, 0.05) is 0 Å². The zero-order chi connectivity index (χ0) is 18.1. The van der Waals surface area contributed by atoms with E-state index < -0.39 is 39.7 Å². The Morgan fingerprint density at radius 3 is 2.48 bits per heavy atom. The summed E-state index contributed by atoms with van der Waals surface area (Å²) >= 11 is 0. The highest BCUT2D eigenvalue weighted by Gasteiger charge is 2.62. The van der Waals surface area contributed by atoms with Crippen LogP contribution in [0.1, 0.15) is 20.8 Å². The van der Waals surface area contributed by atoms with Gasteiger partial charge in [-0.05, 0) is 5.41 Å². The van der Waals surface area contributed by atoms with Gasteiger partial charge >= 0.3 is 6.09 Å². The Hall–Kier alpha value is -1.86. The van der Waals surface area contributed by atoms with Crippen LogP contribution in [0, 0.1) is 22.7 Å². The third-order valence-electron chi connectivity index (χ3n) is 3.85. The molecule has 0 aromatic heterocycles. The molecule has 0 saturated carbocycles. The highest BCUT2D eigenvalue weighted by molar-refractivity contribution is 7.85. The van der Waals surface area contributed by atoms with E-state index in [-0.39, 0.29) is 12.3 Å². The highest BCUT2D eigenvalue weighted by Crippen LogP contribution is 2.46. The Morgan fingerprint density at radius 1 is 1.57 bits per heavy atom. The first-order chi connectivity index (χ1) is 10.4. The first-order valence-corrected chi connectivity index (χ1v) is 8.58. The number of rotatable bonds is 4. The number of nitrogens with zero attached hydrogens (tertiary/aromatic N) is 3. The predicted molar refractivity (Wildman–Crippen MR) is 81.3 cm³/mol. The number of nitriles is 1. The van der Waals surface area contributed by atoms with E-state index in [1.165, 1.54) is 7.11 Å². The standard InChI is InChI=1S/C13H21N3O6S/c1-12(2,3)13(8-14)9(7-22-23(5,19)20)10(15-21-4)6-16(13)11(17)18/h9H,6-7H2,1-5H3,(H,17,18). The van der Waals surface area contributed by atoms with E-state index in [2.05, 4.69) is 11.2 Å². The molecule has 0 spiro atoms. The summed E-state index contributed by atoms with van der Waals surface area (Å²) in [5, 5.41) is 23.1. The second-order valence-electron chi connectivity index (χ2n) is 6.30. The van der Waals surface area contributed by atoms with Crippen LogP contribution in [0.2, 0.25) is 0 Å². The summed E-state index contributed by atoms with van der Waals surface area (Å²) in [6.45, 7) is 4.56. The van der Waals surface area contributed by atoms with Crippen molar-refractivity contribution in [1.82, 2.24) is 4.90 Å². The van der Waals surface area contributed by atoms with E-state index >= 15 is 0 Å². The van der Waals surface area contributed by atoms with E-state index in [4.69, 9.17) is 9.02 Å². The Balaban J connectivity index is 3.49. The molecular formula is C13H21N3O6S. The second kappa shape index (κ2) is 6.33. The lowest BCUT2D eigenvalue weighted by Gasteiger charge is -2.44. The van der Waals surface area contributed by atoms with Crippen LogP contribution in [0.15, 0.2) is 5.16 Å². The van der Waals surface area contributed by atoms with Crippen LogP contribution in [-0.2, 0) is 19.1 Å². The molecule has 1 rings (SSSR count). The number of oxime groups is 1. The van der Waals surface area contributed by atoms with Gasteiger partial charge in [-0.1, -0.05) is 25.9 Å². The lowest BCUT2D eigenvalue weighted by molar-refractivity contribution is 0.0358. The van der Waals surface area contributed by atoms with Crippen molar-refractivity contribution < 1.29 is 27.3 Å². The fraction of sp³-hybridized carbons (Fsp3) is 0.769. The van der Waals surface area contributed by atoms with Crippen molar-refractivity contribution in [1.29, 1.82) is 5.26 Å². The molecule has 1 heterocycles. The Kier molecular flexibility index (Phi) is 5.28. The lowest BCUT2D eigenvalue weighted by Crippen LogP contribution is -2.58. The number of carbonyl (C=O) groups is 1. The van der Waals surface area contributed by atoms with Crippen molar-refractivity contribution in [3.63, 3.8) is 0 Å². The molecule has 130 valence electrons. The van der Waals surface area contributed by atoms with Crippen LogP contribution in [0.4, 0.5) is 4.79 Å². The van der Waals surface area contributed by atoms with Crippen molar-refractivity contribution in [2.75, 3.05) is 26.5 Å². The molecule has 2 unspecified atom stereocenters. The van der Waals surface area contributed by atoms with E-state index in [0.717, 1.165) is 11.2 Å². The minimum atomic E-state index is -3.76. The highest BCUT2D eigenvalue weighted by atomic mass is 32.2. The quantitative estimate of drug-likeness (QED) is 0.590. The van der Waals surface area contributed by atoms with Crippen LogP contribution >= 0.6 is 0 Å². The number of carboxylic acid groups (broad SMARTS) is 1. The number of hydrogen-bond acceptors (Lipinski definition) is 7. The van der Waals surface area contributed by atoms with Crippen molar-refractivity contribution in [2.45, 2.75) is 26.3 Å². The van der Waals surface area contributed by atoms with Gasteiger partial charge in [0.2, 0.25) is 0 Å². The largest absolute Gasteiger partial charge is 0.465 e. The van der Waals surface area contributed by atoms with Gasteiger partial charge in [0.15, 0.2) is 0 Å². The third kappa shape index (κ3) is 3.56.